The van der Waals surface area contributed by atoms with Gasteiger partial charge in [-0.25, -0.2) is 0 Å². The van der Waals surface area contributed by atoms with E-state index in [1.54, 1.807) is 0 Å². The van der Waals surface area contributed by atoms with Gasteiger partial charge < -0.3 is 19.7 Å². The minimum absolute atomic E-state index is 0.0833. The second-order valence-corrected chi connectivity index (χ2v) is 13.1. The minimum Gasteiger partial charge on any atom is -0.466 e. The molecule has 0 aromatic carbocycles. The van der Waals surface area contributed by atoms with Crippen LogP contribution in [-0.2, 0) is 19.1 Å². The summed E-state index contributed by atoms with van der Waals surface area (Å²) in [6.45, 7) is 8.82. The van der Waals surface area contributed by atoms with Gasteiger partial charge in [-0.2, -0.15) is 0 Å². The minimum atomic E-state index is -0.0975. The number of nitrogens with zero attached hydrogens (tertiary/aromatic N) is 1. The number of unbranched alkanes of at least 4 members (excludes halogenated alkanes) is 22. The van der Waals surface area contributed by atoms with Gasteiger partial charge in [-0.3, -0.25) is 9.59 Å². The molecular formula is C38H76N2O4. The van der Waals surface area contributed by atoms with Crippen molar-refractivity contribution in [2.75, 3.05) is 46.4 Å². The average Bonchev–Trinajstić information content (AvgIpc) is 3.02. The van der Waals surface area contributed by atoms with Crippen molar-refractivity contribution < 1.29 is 19.1 Å². The van der Waals surface area contributed by atoms with Crippen LogP contribution in [0.5, 0.6) is 0 Å². The highest BCUT2D eigenvalue weighted by Gasteiger charge is 2.06. The largest absolute Gasteiger partial charge is 0.466 e. The Bertz CT molecular complexity index is 601. The van der Waals surface area contributed by atoms with Crippen molar-refractivity contribution in [2.24, 2.45) is 0 Å². The Hall–Kier alpha value is -1.14. The maximum Gasteiger partial charge on any atom is 0.307 e. The van der Waals surface area contributed by atoms with E-state index < -0.39 is 0 Å². The molecule has 0 saturated carbocycles. The zero-order chi connectivity index (χ0) is 32.2. The summed E-state index contributed by atoms with van der Waals surface area (Å²) >= 11 is 0. The Balaban J connectivity index is 3.35. The van der Waals surface area contributed by atoms with Crippen molar-refractivity contribution in [1.29, 1.82) is 0 Å². The zero-order valence-corrected chi connectivity index (χ0v) is 29.9. The Morgan fingerprint density at radius 3 is 1.23 bits per heavy atom. The lowest BCUT2D eigenvalue weighted by Crippen LogP contribution is -2.27. The predicted molar refractivity (Wildman–Crippen MR) is 188 cm³/mol. The van der Waals surface area contributed by atoms with Crippen LogP contribution in [0.2, 0.25) is 0 Å². The van der Waals surface area contributed by atoms with E-state index in [0.717, 1.165) is 51.7 Å². The number of esters is 2. The molecule has 0 saturated heterocycles. The molecule has 0 amide bonds. The first kappa shape index (κ1) is 42.9. The highest BCUT2D eigenvalue weighted by Crippen LogP contribution is 2.13. The normalized spacial score (nSPS) is 11.4. The van der Waals surface area contributed by atoms with Crippen molar-refractivity contribution in [3.05, 3.63) is 0 Å². The Morgan fingerprint density at radius 2 is 0.818 bits per heavy atom. The maximum atomic E-state index is 12.0. The number of hydrogen-bond donors (Lipinski definition) is 1. The summed E-state index contributed by atoms with van der Waals surface area (Å²) in [5.41, 5.74) is 0. The van der Waals surface area contributed by atoms with Gasteiger partial charge in [-0.1, -0.05) is 155 Å². The molecule has 6 heteroatoms. The first-order valence-electron chi connectivity index (χ1n) is 19.3. The van der Waals surface area contributed by atoms with Gasteiger partial charge in [-0.15, -0.1) is 0 Å². The van der Waals surface area contributed by atoms with Gasteiger partial charge in [0.2, 0.25) is 0 Å². The molecule has 0 unspecified atom stereocenters. The van der Waals surface area contributed by atoms with Gasteiger partial charge in [0.25, 0.3) is 0 Å². The summed E-state index contributed by atoms with van der Waals surface area (Å²) < 4.78 is 10.8. The van der Waals surface area contributed by atoms with E-state index >= 15 is 0 Å². The average molecular weight is 625 g/mol. The lowest BCUT2D eigenvalue weighted by atomic mass is 10.1. The van der Waals surface area contributed by atoms with Gasteiger partial charge >= 0.3 is 11.9 Å². The van der Waals surface area contributed by atoms with E-state index in [1.165, 1.54) is 128 Å². The molecule has 1 N–H and O–H groups in total. The van der Waals surface area contributed by atoms with E-state index in [2.05, 4.69) is 24.1 Å². The molecule has 262 valence electrons. The molecule has 0 radical (unpaired) electrons. The van der Waals surface area contributed by atoms with Crippen molar-refractivity contribution >= 4 is 11.9 Å². The van der Waals surface area contributed by atoms with Crippen molar-refractivity contribution in [3.63, 3.8) is 0 Å². The molecule has 0 aromatic rings. The van der Waals surface area contributed by atoms with Crippen molar-refractivity contribution in [2.45, 2.75) is 187 Å². The molecular weight excluding hydrogens is 548 g/mol. The van der Waals surface area contributed by atoms with Crippen LogP contribution in [0, 0.1) is 0 Å². The number of carbonyl (C=O) groups is 2. The van der Waals surface area contributed by atoms with Crippen LogP contribution in [0.25, 0.3) is 0 Å². The Morgan fingerprint density at radius 1 is 0.455 bits per heavy atom. The van der Waals surface area contributed by atoms with Crippen LogP contribution in [0.1, 0.15) is 187 Å². The Kier molecular flexibility index (Phi) is 35.4. The standard InChI is InChI=1S/C38H76N2O4/c1-4-6-8-10-12-14-16-18-20-22-24-26-35-43-37(41)29-32-39-31-28-33-40(3)34-30-38(42)44-36-27-25-23-21-19-17-15-13-11-9-7-5-2/h39H,4-36H2,1-3H3. The molecule has 0 spiro atoms. The fourth-order valence-corrected chi connectivity index (χ4v) is 5.59. The van der Waals surface area contributed by atoms with Gasteiger partial charge in [0.05, 0.1) is 26.1 Å². The first-order valence-corrected chi connectivity index (χ1v) is 19.3. The molecule has 6 nitrogen and oxygen atoms in total. The third-order valence-corrected chi connectivity index (χ3v) is 8.62. The van der Waals surface area contributed by atoms with Gasteiger partial charge in [0.15, 0.2) is 0 Å². The maximum absolute atomic E-state index is 12.0. The summed E-state index contributed by atoms with van der Waals surface area (Å²) in [6, 6.07) is 0. The summed E-state index contributed by atoms with van der Waals surface area (Å²) in [7, 11) is 2.05. The number of rotatable bonds is 36. The van der Waals surface area contributed by atoms with E-state index in [-0.39, 0.29) is 11.9 Å². The predicted octanol–water partition coefficient (Wildman–Crippen LogP) is 10.2. The van der Waals surface area contributed by atoms with Gasteiger partial charge in [0.1, 0.15) is 0 Å². The molecule has 0 rings (SSSR count). The molecule has 0 aliphatic carbocycles. The van der Waals surface area contributed by atoms with Crippen LogP contribution in [0.15, 0.2) is 0 Å². The SMILES string of the molecule is CCCCCCCCCCCCCCOC(=O)CCNCCCN(C)CCC(=O)OCCCCCCCCCCCCCC. The summed E-state index contributed by atoms with van der Waals surface area (Å²) in [6.07, 6.45) is 33.4. The molecule has 0 bridgehead atoms. The number of ether oxygens (including phenoxy) is 2. The summed E-state index contributed by atoms with van der Waals surface area (Å²) in [5, 5.41) is 3.33. The summed E-state index contributed by atoms with van der Waals surface area (Å²) in [4.78, 5) is 26.1. The third kappa shape index (κ3) is 35.3. The van der Waals surface area contributed by atoms with E-state index in [1.807, 2.05) is 7.05 Å². The highest BCUT2D eigenvalue weighted by atomic mass is 16.5. The quantitative estimate of drug-likeness (QED) is 0.0553. The number of carbonyl (C=O) groups excluding carboxylic acids is 2. The molecule has 0 aliphatic rings. The van der Waals surface area contributed by atoms with Gasteiger partial charge in [0, 0.05) is 13.1 Å². The second kappa shape index (κ2) is 36.3. The highest BCUT2D eigenvalue weighted by molar-refractivity contribution is 5.69. The topological polar surface area (TPSA) is 67.9 Å². The summed E-state index contributed by atoms with van der Waals surface area (Å²) in [5.74, 6) is -0.181. The third-order valence-electron chi connectivity index (χ3n) is 8.62. The molecule has 44 heavy (non-hydrogen) atoms. The van der Waals surface area contributed by atoms with Crippen molar-refractivity contribution in [3.8, 4) is 0 Å². The molecule has 0 fully saturated rings. The molecule has 0 aromatic heterocycles. The smallest absolute Gasteiger partial charge is 0.307 e. The van der Waals surface area contributed by atoms with Crippen LogP contribution < -0.4 is 5.32 Å². The lowest BCUT2D eigenvalue weighted by molar-refractivity contribution is -0.144. The fourth-order valence-electron chi connectivity index (χ4n) is 5.59. The van der Waals surface area contributed by atoms with Crippen LogP contribution in [-0.4, -0.2) is 63.3 Å². The Labute approximate surface area is 274 Å². The zero-order valence-electron chi connectivity index (χ0n) is 29.9. The van der Waals surface area contributed by atoms with Crippen LogP contribution in [0.4, 0.5) is 0 Å². The lowest BCUT2D eigenvalue weighted by Gasteiger charge is -2.16. The number of hydrogen-bond acceptors (Lipinski definition) is 6. The van der Waals surface area contributed by atoms with Gasteiger partial charge in [-0.05, 0) is 39.4 Å². The van der Waals surface area contributed by atoms with E-state index in [0.29, 0.717) is 32.6 Å². The molecule has 0 heterocycles. The fraction of sp³-hybridized carbons (Fsp3) is 0.947. The molecule has 0 atom stereocenters. The van der Waals surface area contributed by atoms with Crippen molar-refractivity contribution in [1.82, 2.24) is 10.2 Å². The second-order valence-electron chi connectivity index (χ2n) is 13.1. The van der Waals surface area contributed by atoms with Crippen LogP contribution in [0.3, 0.4) is 0 Å². The van der Waals surface area contributed by atoms with Crippen LogP contribution >= 0.6 is 0 Å². The van der Waals surface area contributed by atoms with E-state index in [9.17, 15) is 9.59 Å². The first-order chi connectivity index (χ1) is 21.6. The molecule has 0 aliphatic heterocycles. The monoisotopic (exact) mass is 625 g/mol. The number of nitrogens with one attached hydrogen (secondary N) is 1. The van der Waals surface area contributed by atoms with E-state index in [4.69, 9.17) is 9.47 Å².